The number of ether oxygens (including phenoxy) is 1. The summed E-state index contributed by atoms with van der Waals surface area (Å²) in [7, 11) is 0. The van der Waals surface area contributed by atoms with Crippen molar-refractivity contribution in [2.24, 2.45) is 11.8 Å². The van der Waals surface area contributed by atoms with E-state index in [2.05, 4.69) is 0 Å². The fourth-order valence-corrected chi connectivity index (χ4v) is 2.34. The molecule has 3 heteroatoms. The zero-order valence-corrected chi connectivity index (χ0v) is 7.41. The minimum atomic E-state index is -0.669. The molecule has 0 amide bonds. The zero-order chi connectivity index (χ0) is 8.93. The van der Waals surface area contributed by atoms with Crippen LogP contribution in [0.1, 0.15) is 26.7 Å². The van der Waals surface area contributed by atoms with Crippen molar-refractivity contribution in [1.82, 2.24) is 0 Å². The van der Waals surface area contributed by atoms with Gasteiger partial charge in [-0.25, -0.2) is 0 Å². The Morgan fingerprint density at radius 2 is 2.25 bits per heavy atom. The Kier molecular flexibility index (Phi) is 1.49. The van der Waals surface area contributed by atoms with Crippen LogP contribution in [0.2, 0.25) is 0 Å². The maximum atomic E-state index is 10.8. The topological polar surface area (TPSA) is 49.8 Å². The van der Waals surface area contributed by atoms with Gasteiger partial charge in [-0.1, -0.05) is 6.92 Å². The summed E-state index contributed by atoms with van der Waals surface area (Å²) in [5.41, 5.74) is -0.124. The molecule has 0 aromatic heterocycles. The van der Waals surface area contributed by atoms with Crippen molar-refractivity contribution in [3.63, 3.8) is 0 Å². The number of hydrogen-bond donors (Lipinski definition) is 1. The predicted octanol–water partition coefficient (Wildman–Crippen LogP) is 1.27. The Hall–Kier alpha value is -0.570. The highest BCUT2D eigenvalue weighted by molar-refractivity contribution is 5.71. The fourth-order valence-electron chi connectivity index (χ4n) is 2.34. The summed E-state index contributed by atoms with van der Waals surface area (Å²) in [5, 5.41) is 8.90. The first-order valence-corrected chi connectivity index (χ1v) is 4.46. The van der Waals surface area contributed by atoms with Crippen LogP contribution in [0.25, 0.3) is 0 Å². The summed E-state index contributed by atoms with van der Waals surface area (Å²) >= 11 is 0. The normalized spacial score (nSPS) is 51.3. The molecule has 0 aromatic carbocycles. The van der Waals surface area contributed by atoms with Gasteiger partial charge >= 0.3 is 5.97 Å². The van der Waals surface area contributed by atoms with E-state index in [0.29, 0.717) is 6.10 Å². The standard InChI is InChI=1S/C9H14O3/c1-5-6(8(10)11)3-4-7-9(5,2)12-7/h5-7H,3-4H2,1-2H3,(H,10,11). The second-order valence-electron chi connectivity index (χ2n) is 4.10. The quantitative estimate of drug-likeness (QED) is 0.603. The minimum Gasteiger partial charge on any atom is -0.481 e. The maximum Gasteiger partial charge on any atom is 0.306 e. The summed E-state index contributed by atoms with van der Waals surface area (Å²) in [4.78, 5) is 10.8. The number of hydrogen-bond acceptors (Lipinski definition) is 2. The second kappa shape index (κ2) is 2.22. The number of carboxylic acid groups (broad SMARTS) is 1. The molecule has 1 heterocycles. The lowest BCUT2D eigenvalue weighted by atomic mass is 9.74. The highest BCUT2D eigenvalue weighted by atomic mass is 16.6. The molecule has 1 N–H and O–H groups in total. The first-order valence-electron chi connectivity index (χ1n) is 4.46. The highest BCUT2D eigenvalue weighted by Crippen LogP contribution is 2.52. The molecule has 1 aliphatic heterocycles. The first kappa shape index (κ1) is 8.05. The molecule has 4 atom stereocenters. The Balaban J connectivity index is 2.14. The molecule has 0 spiro atoms. The van der Waals surface area contributed by atoms with Gasteiger partial charge in [0.15, 0.2) is 0 Å². The lowest BCUT2D eigenvalue weighted by molar-refractivity contribution is -0.145. The van der Waals surface area contributed by atoms with Gasteiger partial charge in [-0.3, -0.25) is 4.79 Å². The molecule has 68 valence electrons. The van der Waals surface area contributed by atoms with Gasteiger partial charge < -0.3 is 9.84 Å². The SMILES string of the molecule is CC1C(C(=O)O)CCC2OC21C. The summed E-state index contributed by atoms with van der Waals surface area (Å²) in [5.74, 6) is -0.708. The van der Waals surface area contributed by atoms with Crippen molar-refractivity contribution in [3.8, 4) is 0 Å². The maximum absolute atomic E-state index is 10.8. The molecule has 0 aromatic rings. The predicted molar refractivity (Wildman–Crippen MR) is 42.8 cm³/mol. The number of carbonyl (C=O) groups is 1. The Bertz CT molecular complexity index is 226. The molecule has 2 fully saturated rings. The molecule has 0 radical (unpaired) electrons. The molecule has 1 saturated heterocycles. The number of aliphatic carboxylic acids is 1. The second-order valence-corrected chi connectivity index (χ2v) is 4.10. The average molecular weight is 170 g/mol. The molecular formula is C9H14O3. The molecule has 4 unspecified atom stereocenters. The van der Waals surface area contributed by atoms with Gasteiger partial charge in [-0.2, -0.15) is 0 Å². The van der Waals surface area contributed by atoms with Crippen molar-refractivity contribution in [2.45, 2.75) is 38.4 Å². The number of carboxylic acids is 1. The molecule has 1 saturated carbocycles. The summed E-state index contributed by atoms with van der Waals surface area (Å²) in [6, 6.07) is 0. The zero-order valence-electron chi connectivity index (χ0n) is 7.41. The van der Waals surface area contributed by atoms with E-state index in [0.717, 1.165) is 12.8 Å². The van der Waals surface area contributed by atoms with Crippen LogP contribution in [0, 0.1) is 11.8 Å². The van der Waals surface area contributed by atoms with Crippen LogP contribution in [-0.4, -0.2) is 22.8 Å². The van der Waals surface area contributed by atoms with Crippen molar-refractivity contribution >= 4 is 5.97 Å². The van der Waals surface area contributed by atoms with Crippen LogP contribution in [0.3, 0.4) is 0 Å². The Morgan fingerprint density at radius 1 is 1.58 bits per heavy atom. The molecule has 3 nitrogen and oxygen atoms in total. The first-order chi connectivity index (χ1) is 5.55. The van der Waals surface area contributed by atoms with Crippen LogP contribution in [-0.2, 0) is 9.53 Å². The lowest BCUT2D eigenvalue weighted by Gasteiger charge is -2.27. The Labute approximate surface area is 71.7 Å². The van der Waals surface area contributed by atoms with E-state index in [4.69, 9.17) is 9.84 Å². The van der Waals surface area contributed by atoms with Crippen LogP contribution >= 0.6 is 0 Å². The largest absolute Gasteiger partial charge is 0.481 e. The molecule has 2 rings (SSSR count). The third-order valence-corrected chi connectivity index (χ3v) is 3.54. The van der Waals surface area contributed by atoms with Gasteiger partial charge in [-0.15, -0.1) is 0 Å². The molecule has 0 bridgehead atoms. The van der Waals surface area contributed by atoms with Crippen molar-refractivity contribution in [2.75, 3.05) is 0 Å². The lowest BCUT2D eigenvalue weighted by Crippen LogP contribution is -2.36. The van der Waals surface area contributed by atoms with Crippen molar-refractivity contribution < 1.29 is 14.6 Å². The minimum absolute atomic E-state index is 0.124. The number of epoxide rings is 1. The smallest absolute Gasteiger partial charge is 0.306 e. The van der Waals surface area contributed by atoms with E-state index >= 15 is 0 Å². The third-order valence-electron chi connectivity index (χ3n) is 3.54. The summed E-state index contributed by atoms with van der Waals surface area (Å²) < 4.78 is 5.49. The summed E-state index contributed by atoms with van der Waals surface area (Å²) in [6.45, 7) is 4.01. The van der Waals surface area contributed by atoms with Gasteiger partial charge in [0.1, 0.15) is 0 Å². The van der Waals surface area contributed by atoms with E-state index < -0.39 is 5.97 Å². The van der Waals surface area contributed by atoms with Gasteiger partial charge in [-0.05, 0) is 19.8 Å². The average Bonchev–Trinajstić information content (AvgIpc) is 2.63. The van der Waals surface area contributed by atoms with Crippen molar-refractivity contribution in [3.05, 3.63) is 0 Å². The van der Waals surface area contributed by atoms with E-state index in [1.807, 2.05) is 13.8 Å². The van der Waals surface area contributed by atoms with Crippen LogP contribution in [0.5, 0.6) is 0 Å². The molecule has 12 heavy (non-hydrogen) atoms. The molecular weight excluding hydrogens is 156 g/mol. The van der Waals surface area contributed by atoms with Crippen LogP contribution in [0.4, 0.5) is 0 Å². The Morgan fingerprint density at radius 3 is 2.83 bits per heavy atom. The molecule has 1 aliphatic carbocycles. The highest BCUT2D eigenvalue weighted by Gasteiger charge is 2.61. The number of rotatable bonds is 1. The van der Waals surface area contributed by atoms with Crippen LogP contribution < -0.4 is 0 Å². The van der Waals surface area contributed by atoms with Crippen LogP contribution in [0.15, 0.2) is 0 Å². The van der Waals surface area contributed by atoms with E-state index in [9.17, 15) is 4.79 Å². The molecule has 2 aliphatic rings. The summed E-state index contributed by atoms with van der Waals surface area (Å²) in [6.07, 6.45) is 2.03. The monoisotopic (exact) mass is 170 g/mol. The van der Waals surface area contributed by atoms with Gasteiger partial charge in [0, 0.05) is 5.92 Å². The van der Waals surface area contributed by atoms with Gasteiger partial charge in [0.25, 0.3) is 0 Å². The van der Waals surface area contributed by atoms with Gasteiger partial charge in [0.05, 0.1) is 17.6 Å². The third kappa shape index (κ3) is 0.891. The fraction of sp³-hybridized carbons (Fsp3) is 0.889. The van der Waals surface area contributed by atoms with Crippen molar-refractivity contribution in [1.29, 1.82) is 0 Å². The van der Waals surface area contributed by atoms with E-state index in [1.165, 1.54) is 0 Å². The van der Waals surface area contributed by atoms with Gasteiger partial charge in [0.2, 0.25) is 0 Å². The van der Waals surface area contributed by atoms with E-state index in [1.54, 1.807) is 0 Å². The van der Waals surface area contributed by atoms with E-state index in [-0.39, 0.29) is 17.4 Å². The number of fused-ring (bicyclic) bond motifs is 1.